The van der Waals surface area contributed by atoms with Gasteiger partial charge in [-0.3, -0.25) is 4.79 Å². The van der Waals surface area contributed by atoms with Crippen LogP contribution in [0.25, 0.3) is 0 Å². The van der Waals surface area contributed by atoms with Gasteiger partial charge in [0.25, 0.3) is 0 Å². The SMILES string of the molecule is O=C(O)C1CCc2ccccc2C12CCCCC2. The maximum atomic E-state index is 11.6. The molecule has 3 rings (SSSR count). The second-order valence-electron chi connectivity index (χ2n) is 5.80. The number of hydrogen-bond donors (Lipinski definition) is 1. The van der Waals surface area contributed by atoms with Gasteiger partial charge in [0.1, 0.15) is 0 Å². The minimum absolute atomic E-state index is 0.0705. The van der Waals surface area contributed by atoms with Gasteiger partial charge < -0.3 is 5.11 Å². The summed E-state index contributed by atoms with van der Waals surface area (Å²) >= 11 is 0. The fraction of sp³-hybridized carbons (Fsp3) is 0.562. The lowest BCUT2D eigenvalue weighted by Crippen LogP contribution is -2.45. The van der Waals surface area contributed by atoms with Gasteiger partial charge in [-0.2, -0.15) is 0 Å². The van der Waals surface area contributed by atoms with Crippen LogP contribution in [-0.2, 0) is 16.6 Å². The number of aryl methyl sites for hydroxylation is 1. The van der Waals surface area contributed by atoms with Crippen LogP contribution in [0.1, 0.15) is 49.7 Å². The maximum absolute atomic E-state index is 11.6. The molecule has 2 nitrogen and oxygen atoms in total. The van der Waals surface area contributed by atoms with Gasteiger partial charge in [-0.05, 0) is 36.8 Å². The van der Waals surface area contributed by atoms with Crippen molar-refractivity contribution < 1.29 is 9.90 Å². The molecule has 2 aliphatic rings. The van der Waals surface area contributed by atoms with E-state index in [1.165, 1.54) is 30.4 Å². The van der Waals surface area contributed by atoms with Crippen LogP contribution < -0.4 is 0 Å². The molecule has 18 heavy (non-hydrogen) atoms. The Morgan fingerprint density at radius 2 is 1.89 bits per heavy atom. The van der Waals surface area contributed by atoms with Crippen LogP contribution in [0.2, 0.25) is 0 Å². The number of aliphatic carboxylic acids is 1. The lowest BCUT2D eigenvalue weighted by atomic mass is 9.57. The minimum atomic E-state index is -0.591. The molecule has 2 heteroatoms. The molecular weight excluding hydrogens is 224 g/mol. The summed E-state index contributed by atoms with van der Waals surface area (Å²) in [6.45, 7) is 0. The highest BCUT2D eigenvalue weighted by Crippen LogP contribution is 2.50. The van der Waals surface area contributed by atoms with E-state index in [9.17, 15) is 9.90 Å². The molecule has 0 bridgehead atoms. The van der Waals surface area contributed by atoms with Crippen molar-refractivity contribution in [3.8, 4) is 0 Å². The second-order valence-corrected chi connectivity index (χ2v) is 5.80. The average molecular weight is 244 g/mol. The van der Waals surface area contributed by atoms with Gasteiger partial charge in [0, 0.05) is 5.41 Å². The Hall–Kier alpha value is -1.31. The first-order valence-electron chi connectivity index (χ1n) is 7.05. The topological polar surface area (TPSA) is 37.3 Å². The van der Waals surface area contributed by atoms with Gasteiger partial charge in [0.2, 0.25) is 0 Å². The maximum Gasteiger partial charge on any atom is 0.307 e. The van der Waals surface area contributed by atoms with E-state index in [1.54, 1.807) is 0 Å². The molecule has 2 aliphatic carbocycles. The van der Waals surface area contributed by atoms with Gasteiger partial charge in [-0.25, -0.2) is 0 Å². The Morgan fingerprint density at radius 3 is 2.61 bits per heavy atom. The lowest BCUT2D eigenvalue weighted by Gasteiger charge is -2.46. The van der Waals surface area contributed by atoms with E-state index >= 15 is 0 Å². The molecule has 0 radical (unpaired) electrons. The molecule has 1 unspecified atom stereocenters. The third-order valence-corrected chi connectivity index (χ3v) is 4.97. The number of fused-ring (bicyclic) bond motifs is 2. The average Bonchev–Trinajstić information content (AvgIpc) is 2.40. The van der Waals surface area contributed by atoms with Crippen LogP contribution in [0.5, 0.6) is 0 Å². The lowest BCUT2D eigenvalue weighted by molar-refractivity contribution is -0.145. The van der Waals surface area contributed by atoms with Crippen molar-refractivity contribution in [2.24, 2.45) is 5.92 Å². The standard InChI is InChI=1S/C16H20O2/c17-15(18)14-9-8-12-6-2-3-7-13(12)16(14)10-4-1-5-11-16/h2-3,6-7,14H,1,4-5,8-11H2,(H,17,18). The van der Waals surface area contributed by atoms with Crippen molar-refractivity contribution in [3.05, 3.63) is 35.4 Å². The fourth-order valence-electron chi connectivity index (χ4n) is 4.15. The summed E-state index contributed by atoms with van der Waals surface area (Å²) in [5.74, 6) is -0.765. The van der Waals surface area contributed by atoms with Crippen molar-refractivity contribution >= 4 is 5.97 Å². The van der Waals surface area contributed by atoms with Crippen molar-refractivity contribution in [1.29, 1.82) is 0 Å². The molecule has 1 aromatic carbocycles. The highest BCUT2D eigenvalue weighted by Gasteiger charge is 2.47. The van der Waals surface area contributed by atoms with Crippen LogP contribution in [-0.4, -0.2) is 11.1 Å². The molecule has 0 aromatic heterocycles. The number of rotatable bonds is 1. The summed E-state index contributed by atoms with van der Waals surface area (Å²) in [5, 5.41) is 9.58. The number of carbonyl (C=O) groups is 1. The van der Waals surface area contributed by atoms with E-state index in [4.69, 9.17) is 0 Å². The summed E-state index contributed by atoms with van der Waals surface area (Å²) in [7, 11) is 0. The second kappa shape index (κ2) is 4.42. The molecule has 1 spiro atoms. The molecule has 1 fully saturated rings. The highest BCUT2D eigenvalue weighted by atomic mass is 16.4. The molecule has 1 saturated carbocycles. The van der Waals surface area contributed by atoms with Crippen LogP contribution in [0.4, 0.5) is 0 Å². The molecule has 1 aromatic rings. The molecule has 0 amide bonds. The van der Waals surface area contributed by atoms with Crippen molar-refractivity contribution in [2.45, 2.75) is 50.4 Å². The Bertz CT molecular complexity index is 458. The summed E-state index contributed by atoms with van der Waals surface area (Å²) in [6.07, 6.45) is 7.47. The normalized spacial score (nSPS) is 25.7. The molecular formula is C16H20O2. The van der Waals surface area contributed by atoms with Gasteiger partial charge in [0.05, 0.1) is 5.92 Å². The quantitative estimate of drug-likeness (QED) is 0.820. The number of benzene rings is 1. The molecule has 0 aliphatic heterocycles. The number of carboxylic acid groups (broad SMARTS) is 1. The highest BCUT2D eigenvalue weighted by molar-refractivity contribution is 5.73. The Morgan fingerprint density at radius 1 is 1.17 bits per heavy atom. The van der Waals surface area contributed by atoms with Crippen LogP contribution in [0, 0.1) is 5.92 Å². The predicted molar refractivity (Wildman–Crippen MR) is 70.7 cm³/mol. The number of carboxylic acids is 1. The smallest absolute Gasteiger partial charge is 0.307 e. The Balaban J connectivity index is 2.11. The fourth-order valence-corrected chi connectivity index (χ4v) is 4.15. The molecule has 0 saturated heterocycles. The summed E-state index contributed by atoms with van der Waals surface area (Å²) in [4.78, 5) is 11.6. The first-order valence-corrected chi connectivity index (χ1v) is 7.05. The minimum Gasteiger partial charge on any atom is -0.481 e. The van der Waals surface area contributed by atoms with Crippen LogP contribution in [0.3, 0.4) is 0 Å². The van der Waals surface area contributed by atoms with Gasteiger partial charge in [-0.1, -0.05) is 43.5 Å². The van der Waals surface area contributed by atoms with Crippen LogP contribution in [0.15, 0.2) is 24.3 Å². The summed E-state index contributed by atoms with van der Waals surface area (Å²) in [6, 6.07) is 8.51. The Labute approximate surface area is 108 Å². The van der Waals surface area contributed by atoms with E-state index < -0.39 is 5.97 Å². The number of hydrogen-bond acceptors (Lipinski definition) is 1. The third-order valence-electron chi connectivity index (χ3n) is 4.97. The van der Waals surface area contributed by atoms with Gasteiger partial charge >= 0.3 is 5.97 Å². The first-order chi connectivity index (χ1) is 8.74. The molecule has 96 valence electrons. The van der Waals surface area contributed by atoms with E-state index in [0.29, 0.717) is 0 Å². The van der Waals surface area contributed by atoms with Crippen molar-refractivity contribution in [2.75, 3.05) is 0 Å². The largest absolute Gasteiger partial charge is 0.481 e. The van der Waals surface area contributed by atoms with E-state index in [-0.39, 0.29) is 11.3 Å². The van der Waals surface area contributed by atoms with Crippen molar-refractivity contribution in [1.82, 2.24) is 0 Å². The zero-order chi connectivity index (χ0) is 12.6. The molecule has 1 atom stereocenters. The van der Waals surface area contributed by atoms with Crippen molar-refractivity contribution in [3.63, 3.8) is 0 Å². The third kappa shape index (κ3) is 1.66. The van der Waals surface area contributed by atoms with E-state index in [1.807, 2.05) is 0 Å². The predicted octanol–water partition coefficient (Wildman–Crippen LogP) is 3.54. The Kier molecular flexibility index (Phi) is 2.89. The summed E-state index contributed by atoms with van der Waals surface area (Å²) in [5.41, 5.74) is 2.65. The monoisotopic (exact) mass is 244 g/mol. The summed E-state index contributed by atoms with van der Waals surface area (Å²) < 4.78 is 0. The van der Waals surface area contributed by atoms with E-state index in [0.717, 1.165) is 25.7 Å². The zero-order valence-corrected chi connectivity index (χ0v) is 10.7. The van der Waals surface area contributed by atoms with Gasteiger partial charge in [0.15, 0.2) is 0 Å². The zero-order valence-electron chi connectivity index (χ0n) is 10.7. The van der Waals surface area contributed by atoms with E-state index in [2.05, 4.69) is 24.3 Å². The van der Waals surface area contributed by atoms with Crippen LogP contribution >= 0.6 is 0 Å². The molecule has 1 N–H and O–H groups in total. The molecule has 0 heterocycles. The first kappa shape index (κ1) is 11.8. The van der Waals surface area contributed by atoms with Gasteiger partial charge in [-0.15, -0.1) is 0 Å².